The lowest BCUT2D eigenvalue weighted by Crippen LogP contribution is -2.02. The first-order chi connectivity index (χ1) is 11.0. The predicted molar refractivity (Wildman–Crippen MR) is 89.7 cm³/mol. The summed E-state index contributed by atoms with van der Waals surface area (Å²) in [6.45, 7) is 2.34. The maximum absolute atomic E-state index is 11.2. The highest BCUT2D eigenvalue weighted by Crippen LogP contribution is 2.30. The summed E-state index contributed by atoms with van der Waals surface area (Å²) in [6, 6.07) is 10.4. The first-order valence-electron chi connectivity index (χ1n) is 6.93. The van der Waals surface area contributed by atoms with Crippen molar-refractivity contribution in [3.05, 3.63) is 69.1 Å². The number of nitrogens with zero attached hydrogens (tertiary/aromatic N) is 3. The van der Waals surface area contributed by atoms with Gasteiger partial charge in [-0.2, -0.15) is 0 Å². The number of rotatable bonds is 4. The highest BCUT2D eigenvalue weighted by molar-refractivity contribution is 6.29. The number of hydrogen-bond acceptors (Lipinski definition) is 5. The van der Waals surface area contributed by atoms with Gasteiger partial charge in [0.2, 0.25) is 0 Å². The Morgan fingerprint density at radius 1 is 1.30 bits per heavy atom. The van der Waals surface area contributed by atoms with Crippen LogP contribution in [0.2, 0.25) is 5.15 Å². The van der Waals surface area contributed by atoms with Crippen LogP contribution in [0.3, 0.4) is 0 Å². The fourth-order valence-electron chi connectivity index (χ4n) is 2.36. The summed E-state index contributed by atoms with van der Waals surface area (Å²) in [5.41, 5.74) is 2.86. The molecular formula is C16H13ClN4O2. The standard InChI is InChI=1S/C16H13ClN4O2/c1-10-7-13(18-8-11-5-6-15(17)19-9-11)12-3-2-4-14(21(22)23)16(12)20-10/h2-7,9H,8H2,1H3,(H,18,20). The molecule has 0 atom stereocenters. The number of nitro groups is 1. The van der Waals surface area contributed by atoms with Gasteiger partial charge in [-0.15, -0.1) is 0 Å². The predicted octanol–water partition coefficient (Wildman–Crippen LogP) is 4.11. The van der Waals surface area contributed by atoms with E-state index in [0.717, 1.165) is 11.3 Å². The van der Waals surface area contributed by atoms with Gasteiger partial charge in [0.25, 0.3) is 5.69 Å². The van der Waals surface area contributed by atoms with Crippen LogP contribution >= 0.6 is 11.6 Å². The van der Waals surface area contributed by atoms with Crippen molar-refractivity contribution in [1.29, 1.82) is 0 Å². The molecule has 0 radical (unpaired) electrons. The number of fused-ring (bicyclic) bond motifs is 1. The minimum Gasteiger partial charge on any atom is -0.380 e. The zero-order chi connectivity index (χ0) is 16.4. The Labute approximate surface area is 137 Å². The van der Waals surface area contributed by atoms with E-state index >= 15 is 0 Å². The average Bonchev–Trinajstić information content (AvgIpc) is 2.53. The minimum absolute atomic E-state index is 0.00223. The van der Waals surface area contributed by atoms with Crippen LogP contribution in [0.25, 0.3) is 10.9 Å². The lowest BCUT2D eigenvalue weighted by molar-refractivity contribution is -0.383. The van der Waals surface area contributed by atoms with Crippen LogP contribution in [-0.2, 0) is 6.54 Å². The van der Waals surface area contributed by atoms with Crippen LogP contribution in [0.15, 0.2) is 42.6 Å². The molecule has 6 nitrogen and oxygen atoms in total. The molecule has 3 aromatic rings. The SMILES string of the molecule is Cc1cc(NCc2ccc(Cl)nc2)c2cccc([N+](=O)[O-])c2n1. The van der Waals surface area contributed by atoms with Crippen molar-refractivity contribution < 1.29 is 4.92 Å². The van der Waals surface area contributed by atoms with E-state index in [1.807, 2.05) is 25.1 Å². The normalized spacial score (nSPS) is 10.7. The molecule has 23 heavy (non-hydrogen) atoms. The van der Waals surface area contributed by atoms with E-state index in [9.17, 15) is 10.1 Å². The number of aryl methyl sites for hydroxylation is 1. The number of pyridine rings is 2. The van der Waals surface area contributed by atoms with E-state index < -0.39 is 4.92 Å². The Bertz CT molecular complexity index is 881. The quantitative estimate of drug-likeness (QED) is 0.443. The fraction of sp³-hybridized carbons (Fsp3) is 0.125. The maximum atomic E-state index is 11.2. The molecule has 0 unspecified atom stereocenters. The third kappa shape index (κ3) is 3.22. The number of halogens is 1. The van der Waals surface area contributed by atoms with Crippen LogP contribution in [0.1, 0.15) is 11.3 Å². The Balaban J connectivity index is 1.98. The molecule has 0 aliphatic carbocycles. The first kappa shape index (κ1) is 15.2. The van der Waals surface area contributed by atoms with Crippen molar-refractivity contribution in [3.63, 3.8) is 0 Å². The first-order valence-corrected chi connectivity index (χ1v) is 7.31. The molecule has 0 fully saturated rings. The van der Waals surface area contributed by atoms with Crippen LogP contribution < -0.4 is 5.32 Å². The summed E-state index contributed by atoms with van der Waals surface area (Å²) in [7, 11) is 0. The van der Waals surface area contributed by atoms with E-state index in [0.29, 0.717) is 28.3 Å². The fourth-order valence-corrected chi connectivity index (χ4v) is 2.48. The zero-order valence-corrected chi connectivity index (χ0v) is 13.0. The van der Waals surface area contributed by atoms with Gasteiger partial charge in [0.15, 0.2) is 5.52 Å². The van der Waals surface area contributed by atoms with Gasteiger partial charge in [0.1, 0.15) is 5.15 Å². The molecule has 0 spiro atoms. The molecule has 7 heteroatoms. The number of para-hydroxylation sites is 1. The summed E-state index contributed by atoms with van der Waals surface area (Å²) in [5, 5.41) is 15.6. The third-order valence-corrected chi connectivity index (χ3v) is 3.64. The van der Waals surface area contributed by atoms with Gasteiger partial charge in [-0.05, 0) is 24.6 Å². The van der Waals surface area contributed by atoms with E-state index in [4.69, 9.17) is 11.6 Å². The summed E-state index contributed by atoms with van der Waals surface area (Å²) < 4.78 is 0. The Kier molecular flexibility index (Phi) is 4.08. The summed E-state index contributed by atoms with van der Waals surface area (Å²) in [6.07, 6.45) is 1.69. The highest BCUT2D eigenvalue weighted by atomic mass is 35.5. The van der Waals surface area contributed by atoms with Gasteiger partial charge in [0.05, 0.1) is 4.92 Å². The van der Waals surface area contributed by atoms with E-state index in [1.54, 1.807) is 18.3 Å². The Morgan fingerprint density at radius 3 is 2.83 bits per heavy atom. The molecule has 2 aromatic heterocycles. The Morgan fingerprint density at radius 2 is 2.13 bits per heavy atom. The number of nitrogens with one attached hydrogen (secondary N) is 1. The van der Waals surface area contributed by atoms with Crippen molar-refractivity contribution >= 4 is 33.9 Å². The van der Waals surface area contributed by atoms with Crippen molar-refractivity contribution in [2.75, 3.05) is 5.32 Å². The number of benzene rings is 1. The average molecular weight is 329 g/mol. The number of nitro benzene ring substituents is 1. The van der Waals surface area contributed by atoms with Crippen LogP contribution in [-0.4, -0.2) is 14.9 Å². The third-order valence-electron chi connectivity index (χ3n) is 3.41. The molecule has 3 rings (SSSR count). The summed E-state index contributed by atoms with van der Waals surface area (Å²) in [5.74, 6) is 0. The van der Waals surface area contributed by atoms with Gasteiger partial charge in [-0.1, -0.05) is 29.8 Å². The minimum atomic E-state index is -0.415. The van der Waals surface area contributed by atoms with E-state index in [-0.39, 0.29) is 5.69 Å². The monoisotopic (exact) mass is 328 g/mol. The second kappa shape index (κ2) is 6.18. The molecular weight excluding hydrogens is 316 g/mol. The van der Waals surface area contributed by atoms with Gasteiger partial charge >= 0.3 is 0 Å². The molecule has 116 valence electrons. The molecule has 0 saturated carbocycles. The summed E-state index contributed by atoms with van der Waals surface area (Å²) >= 11 is 5.77. The Hall–Kier alpha value is -2.73. The lowest BCUT2D eigenvalue weighted by Gasteiger charge is -2.11. The topological polar surface area (TPSA) is 81.0 Å². The second-order valence-corrected chi connectivity index (χ2v) is 5.47. The molecule has 1 aromatic carbocycles. The van der Waals surface area contributed by atoms with Gasteiger partial charge in [0, 0.05) is 35.6 Å². The van der Waals surface area contributed by atoms with Crippen LogP contribution in [0, 0.1) is 17.0 Å². The highest BCUT2D eigenvalue weighted by Gasteiger charge is 2.15. The molecule has 0 aliphatic rings. The molecule has 1 N–H and O–H groups in total. The van der Waals surface area contributed by atoms with E-state index in [1.165, 1.54) is 6.07 Å². The van der Waals surface area contributed by atoms with Gasteiger partial charge in [-0.3, -0.25) is 10.1 Å². The maximum Gasteiger partial charge on any atom is 0.295 e. The number of anilines is 1. The van der Waals surface area contributed by atoms with E-state index in [2.05, 4.69) is 15.3 Å². The second-order valence-electron chi connectivity index (χ2n) is 5.08. The molecule has 0 aliphatic heterocycles. The van der Waals surface area contributed by atoms with Crippen molar-refractivity contribution in [1.82, 2.24) is 9.97 Å². The molecule has 0 saturated heterocycles. The van der Waals surface area contributed by atoms with Gasteiger partial charge in [-0.25, -0.2) is 9.97 Å². The van der Waals surface area contributed by atoms with Crippen molar-refractivity contribution in [2.24, 2.45) is 0 Å². The zero-order valence-electron chi connectivity index (χ0n) is 12.3. The van der Waals surface area contributed by atoms with Crippen LogP contribution in [0.5, 0.6) is 0 Å². The summed E-state index contributed by atoms with van der Waals surface area (Å²) in [4.78, 5) is 19.1. The van der Waals surface area contributed by atoms with Crippen molar-refractivity contribution in [2.45, 2.75) is 13.5 Å². The molecule has 0 bridgehead atoms. The lowest BCUT2D eigenvalue weighted by atomic mass is 10.1. The molecule has 0 amide bonds. The number of aromatic nitrogens is 2. The smallest absolute Gasteiger partial charge is 0.295 e. The number of non-ortho nitro benzene ring substituents is 1. The number of hydrogen-bond donors (Lipinski definition) is 1. The largest absolute Gasteiger partial charge is 0.380 e. The van der Waals surface area contributed by atoms with Crippen molar-refractivity contribution in [3.8, 4) is 0 Å². The molecule has 2 heterocycles. The van der Waals surface area contributed by atoms with Gasteiger partial charge < -0.3 is 5.32 Å². The van der Waals surface area contributed by atoms with Crippen LogP contribution in [0.4, 0.5) is 11.4 Å².